The van der Waals surface area contributed by atoms with Gasteiger partial charge in [-0.3, -0.25) is 9.10 Å². The Morgan fingerprint density at radius 1 is 1.08 bits per heavy atom. The third kappa shape index (κ3) is 4.16. The first-order valence-corrected chi connectivity index (χ1v) is 9.64. The normalized spacial score (nSPS) is 11.1. The summed E-state index contributed by atoms with van der Waals surface area (Å²) in [4.78, 5) is 12.1. The van der Waals surface area contributed by atoms with Crippen molar-refractivity contribution >= 4 is 21.7 Å². The molecular formula is C19H23NO5S. The molecule has 0 aliphatic heterocycles. The number of aryl methyl sites for hydroxylation is 2. The van der Waals surface area contributed by atoms with Gasteiger partial charge in [-0.2, -0.15) is 0 Å². The summed E-state index contributed by atoms with van der Waals surface area (Å²) in [5.41, 5.74) is 1.87. The Balaban J connectivity index is 2.54. The third-order valence-electron chi connectivity index (χ3n) is 3.92. The van der Waals surface area contributed by atoms with E-state index >= 15 is 0 Å². The predicted molar refractivity (Wildman–Crippen MR) is 100 cm³/mol. The van der Waals surface area contributed by atoms with Gasteiger partial charge in [-0.15, -0.1) is 0 Å². The number of carbonyl (C=O) groups is 1. The maximum atomic E-state index is 13.3. The van der Waals surface area contributed by atoms with E-state index in [1.165, 1.54) is 19.2 Å². The number of hydrogen-bond acceptors (Lipinski definition) is 5. The maximum Gasteiger partial charge on any atom is 0.326 e. The third-order valence-corrected chi connectivity index (χ3v) is 5.67. The molecule has 0 saturated heterocycles. The number of rotatable bonds is 7. The van der Waals surface area contributed by atoms with Gasteiger partial charge in [0.05, 0.1) is 24.3 Å². The second-order valence-corrected chi connectivity index (χ2v) is 7.60. The molecule has 0 unspecified atom stereocenters. The van der Waals surface area contributed by atoms with Gasteiger partial charge in [0, 0.05) is 0 Å². The summed E-state index contributed by atoms with van der Waals surface area (Å²) < 4.78 is 37.7. The maximum absolute atomic E-state index is 13.3. The largest absolute Gasteiger partial charge is 0.496 e. The first-order valence-electron chi connectivity index (χ1n) is 8.20. The van der Waals surface area contributed by atoms with Gasteiger partial charge in [-0.1, -0.05) is 18.2 Å². The number of carbonyl (C=O) groups excluding carboxylic acids is 1. The minimum Gasteiger partial charge on any atom is -0.496 e. The molecule has 0 amide bonds. The Morgan fingerprint density at radius 2 is 1.77 bits per heavy atom. The van der Waals surface area contributed by atoms with Gasteiger partial charge < -0.3 is 9.47 Å². The van der Waals surface area contributed by atoms with Gasteiger partial charge in [0.25, 0.3) is 10.0 Å². The summed E-state index contributed by atoms with van der Waals surface area (Å²) in [5, 5.41) is 0. The van der Waals surface area contributed by atoms with Crippen LogP contribution < -0.4 is 9.04 Å². The van der Waals surface area contributed by atoms with Crippen molar-refractivity contribution in [1.82, 2.24) is 0 Å². The van der Waals surface area contributed by atoms with Crippen LogP contribution in [0.4, 0.5) is 5.69 Å². The molecule has 6 nitrogen and oxygen atoms in total. The second kappa shape index (κ2) is 8.23. The number of esters is 1. The van der Waals surface area contributed by atoms with E-state index in [1.54, 1.807) is 45.0 Å². The number of sulfonamides is 1. The van der Waals surface area contributed by atoms with Crippen molar-refractivity contribution < 1.29 is 22.7 Å². The van der Waals surface area contributed by atoms with Crippen molar-refractivity contribution in [3.8, 4) is 5.75 Å². The van der Waals surface area contributed by atoms with Crippen molar-refractivity contribution in [3.05, 3.63) is 53.6 Å². The lowest BCUT2D eigenvalue weighted by atomic mass is 10.2. The minimum absolute atomic E-state index is 0.0864. The SMILES string of the molecule is CCOC(=O)CN(c1ccccc1C)S(=O)(=O)c1ccc(OC)c(C)c1. The molecule has 2 aromatic rings. The quantitative estimate of drug-likeness (QED) is 0.694. The molecule has 0 fully saturated rings. The fraction of sp³-hybridized carbons (Fsp3) is 0.316. The molecule has 0 aromatic heterocycles. The molecule has 0 bridgehead atoms. The Bertz CT molecular complexity index is 893. The van der Waals surface area contributed by atoms with E-state index in [0.717, 1.165) is 9.87 Å². The van der Waals surface area contributed by atoms with Gasteiger partial charge in [0.1, 0.15) is 12.3 Å². The zero-order valence-corrected chi connectivity index (χ0v) is 16.2. The molecule has 0 atom stereocenters. The Morgan fingerprint density at radius 3 is 2.35 bits per heavy atom. The summed E-state index contributed by atoms with van der Waals surface area (Å²) >= 11 is 0. The van der Waals surface area contributed by atoms with E-state index in [0.29, 0.717) is 17.0 Å². The van der Waals surface area contributed by atoms with Gasteiger partial charge in [-0.05, 0) is 56.2 Å². The Labute approximate surface area is 154 Å². The molecule has 26 heavy (non-hydrogen) atoms. The van der Waals surface area contributed by atoms with E-state index in [1.807, 2.05) is 6.07 Å². The molecular weight excluding hydrogens is 354 g/mol. The van der Waals surface area contributed by atoms with E-state index < -0.39 is 22.5 Å². The standard InChI is InChI=1S/C19H23NO5S/c1-5-25-19(21)13-20(17-9-7-6-8-14(17)2)26(22,23)16-10-11-18(24-4)15(3)12-16/h6-12H,5,13H2,1-4H3. The minimum atomic E-state index is -3.96. The smallest absolute Gasteiger partial charge is 0.326 e. The van der Waals surface area contributed by atoms with Gasteiger partial charge in [0.2, 0.25) is 0 Å². The van der Waals surface area contributed by atoms with Crippen LogP contribution in [-0.2, 0) is 19.6 Å². The summed E-state index contributed by atoms with van der Waals surface area (Å²) in [6.07, 6.45) is 0. The molecule has 0 radical (unpaired) electrons. The highest BCUT2D eigenvalue weighted by Gasteiger charge is 2.29. The molecule has 2 rings (SSSR count). The average molecular weight is 377 g/mol. The molecule has 140 valence electrons. The van der Waals surface area contributed by atoms with Crippen LogP contribution in [0.15, 0.2) is 47.4 Å². The van der Waals surface area contributed by atoms with Crippen LogP contribution in [0.25, 0.3) is 0 Å². The summed E-state index contributed by atoms with van der Waals surface area (Å²) in [5.74, 6) is -0.0126. The van der Waals surface area contributed by atoms with Crippen LogP contribution in [0, 0.1) is 13.8 Å². The molecule has 2 aromatic carbocycles. The first kappa shape index (κ1) is 19.8. The molecule has 0 N–H and O–H groups in total. The molecule has 0 heterocycles. The zero-order valence-electron chi connectivity index (χ0n) is 15.4. The molecule has 0 saturated carbocycles. The van der Waals surface area contributed by atoms with Gasteiger partial charge in [0.15, 0.2) is 0 Å². The molecule has 0 aliphatic rings. The van der Waals surface area contributed by atoms with E-state index in [-0.39, 0.29) is 11.5 Å². The highest BCUT2D eigenvalue weighted by Crippen LogP contribution is 2.29. The van der Waals surface area contributed by atoms with Crippen LogP contribution in [0.3, 0.4) is 0 Å². The summed E-state index contributed by atoms with van der Waals surface area (Å²) in [6, 6.07) is 11.6. The van der Waals surface area contributed by atoms with Crippen LogP contribution in [0.5, 0.6) is 5.75 Å². The fourth-order valence-electron chi connectivity index (χ4n) is 2.61. The highest BCUT2D eigenvalue weighted by molar-refractivity contribution is 7.92. The van der Waals surface area contributed by atoms with Gasteiger partial charge in [-0.25, -0.2) is 8.42 Å². The molecule has 0 spiro atoms. The van der Waals surface area contributed by atoms with Crippen molar-refractivity contribution in [1.29, 1.82) is 0 Å². The van der Waals surface area contributed by atoms with Crippen LogP contribution in [0.2, 0.25) is 0 Å². The number of hydrogen-bond donors (Lipinski definition) is 0. The zero-order chi connectivity index (χ0) is 19.3. The van der Waals surface area contributed by atoms with Crippen LogP contribution >= 0.6 is 0 Å². The van der Waals surface area contributed by atoms with Crippen LogP contribution in [-0.4, -0.2) is 34.6 Å². The number of benzene rings is 2. The lowest BCUT2D eigenvalue weighted by Crippen LogP contribution is -2.37. The monoisotopic (exact) mass is 377 g/mol. The topological polar surface area (TPSA) is 72.9 Å². The van der Waals surface area contributed by atoms with Crippen molar-refractivity contribution in [2.24, 2.45) is 0 Å². The summed E-state index contributed by atoms with van der Waals surface area (Å²) in [6.45, 7) is 5.02. The number of para-hydroxylation sites is 1. The average Bonchev–Trinajstić information content (AvgIpc) is 2.60. The number of anilines is 1. The van der Waals surface area contributed by atoms with Crippen molar-refractivity contribution in [2.75, 3.05) is 24.6 Å². The molecule has 0 aliphatic carbocycles. The lowest BCUT2D eigenvalue weighted by Gasteiger charge is -2.25. The number of methoxy groups -OCH3 is 1. The summed E-state index contributed by atoms with van der Waals surface area (Å²) in [7, 11) is -2.44. The Kier molecular flexibility index (Phi) is 6.26. The molecule has 7 heteroatoms. The number of nitrogens with zero attached hydrogens (tertiary/aromatic N) is 1. The van der Waals surface area contributed by atoms with Crippen molar-refractivity contribution in [3.63, 3.8) is 0 Å². The second-order valence-electron chi connectivity index (χ2n) is 5.73. The lowest BCUT2D eigenvalue weighted by molar-refractivity contribution is -0.141. The predicted octanol–water partition coefficient (Wildman–Crippen LogP) is 3.07. The van der Waals surface area contributed by atoms with Crippen molar-refractivity contribution in [2.45, 2.75) is 25.7 Å². The highest BCUT2D eigenvalue weighted by atomic mass is 32.2. The van der Waals surface area contributed by atoms with E-state index in [9.17, 15) is 13.2 Å². The fourth-order valence-corrected chi connectivity index (χ4v) is 4.16. The van der Waals surface area contributed by atoms with Gasteiger partial charge >= 0.3 is 5.97 Å². The van der Waals surface area contributed by atoms with E-state index in [2.05, 4.69) is 0 Å². The number of ether oxygens (including phenoxy) is 2. The van der Waals surface area contributed by atoms with E-state index in [4.69, 9.17) is 9.47 Å². The first-order chi connectivity index (χ1) is 12.3. The van der Waals surface area contributed by atoms with Crippen LogP contribution in [0.1, 0.15) is 18.1 Å². The Hall–Kier alpha value is -2.54.